The van der Waals surface area contributed by atoms with Crippen molar-refractivity contribution in [2.45, 2.75) is 6.42 Å². The minimum atomic E-state index is 0.425. The highest BCUT2D eigenvalue weighted by Gasteiger charge is 2.12. The highest BCUT2D eigenvalue weighted by atomic mass is 16.5. The largest absolute Gasteiger partial charge is 0.490 e. The lowest BCUT2D eigenvalue weighted by molar-refractivity contribution is 0.297. The Balaban J connectivity index is 2.47. The number of ether oxygens (including phenoxy) is 2. The molecule has 1 heterocycles. The van der Waals surface area contributed by atoms with E-state index in [1.54, 1.807) is 12.1 Å². The van der Waals surface area contributed by atoms with E-state index < -0.39 is 0 Å². The second-order valence-electron chi connectivity index (χ2n) is 3.05. The molecule has 0 amide bonds. The third-order valence-corrected chi connectivity index (χ3v) is 2.04. The zero-order valence-corrected chi connectivity index (χ0v) is 7.62. The van der Waals surface area contributed by atoms with Crippen LogP contribution >= 0.6 is 0 Å². The van der Waals surface area contributed by atoms with Crippen molar-refractivity contribution >= 4 is 5.69 Å². The maximum atomic E-state index is 8.76. The molecule has 14 heavy (non-hydrogen) atoms. The van der Waals surface area contributed by atoms with Gasteiger partial charge in [-0.25, -0.2) is 0 Å². The summed E-state index contributed by atoms with van der Waals surface area (Å²) in [5.74, 6) is 1.23. The van der Waals surface area contributed by atoms with Crippen LogP contribution in [0.4, 0.5) is 5.69 Å². The van der Waals surface area contributed by atoms with Crippen LogP contribution in [0.15, 0.2) is 12.1 Å². The summed E-state index contributed by atoms with van der Waals surface area (Å²) < 4.78 is 10.8. The van der Waals surface area contributed by atoms with E-state index in [0.29, 0.717) is 36.0 Å². The van der Waals surface area contributed by atoms with Crippen LogP contribution < -0.4 is 15.2 Å². The number of anilines is 1. The Bertz CT molecular complexity index is 396. The standard InChI is InChI=1S/C10H10N2O2/c11-6-7-4-9-10(5-8(7)12)14-3-1-2-13-9/h4-5H,1-3,12H2. The first-order valence-corrected chi connectivity index (χ1v) is 4.40. The fourth-order valence-electron chi connectivity index (χ4n) is 1.32. The molecule has 1 aromatic carbocycles. The number of hydrogen-bond acceptors (Lipinski definition) is 4. The van der Waals surface area contributed by atoms with Gasteiger partial charge in [0.25, 0.3) is 0 Å². The van der Waals surface area contributed by atoms with Gasteiger partial charge in [0.05, 0.1) is 24.5 Å². The molecule has 0 aliphatic carbocycles. The van der Waals surface area contributed by atoms with Gasteiger partial charge in [-0.1, -0.05) is 0 Å². The lowest BCUT2D eigenvalue weighted by Gasteiger charge is -2.08. The van der Waals surface area contributed by atoms with Crippen molar-refractivity contribution in [3.8, 4) is 17.6 Å². The van der Waals surface area contributed by atoms with Gasteiger partial charge in [-0.2, -0.15) is 5.26 Å². The van der Waals surface area contributed by atoms with Gasteiger partial charge in [0.15, 0.2) is 11.5 Å². The Morgan fingerprint density at radius 3 is 2.50 bits per heavy atom. The number of benzene rings is 1. The molecular formula is C10H10N2O2. The summed E-state index contributed by atoms with van der Waals surface area (Å²) in [7, 11) is 0. The number of nitriles is 1. The molecule has 0 saturated carbocycles. The van der Waals surface area contributed by atoms with Gasteiger partial charge in [0, 0.05) is 18.6 Å². The van der Waals surface area contributed by atoms with E-state index in [-0.39, 0.29) is 0 Å². The lowest BCUT2D eigenvalue weighted by Crippen LogP contribution is -1.97. The van der Waals surface area contributed by atoms with Gasteiger partial charge in [-0.15, -0.1) is 0 Å². The Hall–Kier alpha value is -1.89. The van der Waals surface area contributed by atoms with Crippen LogP contribution in [-0.4, -0.2) is 13.2 Å². The predicted octanol–water partition coefficient (Wildman–Crippen LogP) is 1.30. The average molecular weight is 190 g/mol. The van der Waals surface area contributed by atoms with E-state index in [4.69, 9.17) is 20.5 Å². The average Bonchev–Trinajstić information content (AvgIpc) is 2.41. The minimum Gasteiger partial charge on any atom is -0.490 e. The molecule has 0 saturated heterocycles. The number of nitrogens with zero attached hydrogens (tertiary/aromatic N) is 1. The van der Waals surface area contributed by atoms with Crippen LogP contribution in [0.3, 0.4) is 0 Å². The van der Waals surface area contributed by atoms with E-state index in [1.165, 1.54) is 0 Å². The molecule has 1 aromatic rings. The van der Waals surface area contributed by atoms with Gasteiger partial charge in [0.1, 0.15) is 6.07 Å². The number of fused-ring (bicyclic) bond motifs is 1. The molecule has 2 N–H and O–H groups in total. The van der Waals surface area contributed by atoms with Crippen LogP contribution in [0.25, 0.3) is 0 Å². The summed E-state index contributed by atoms with van der Waals surface area (Å²) in [6.07, 6.45) is 0.844. The van der Waals surface area contributed by atoms with Gasteiger partial charge in [0.2, 0.25) is 0 Å². The summed E-state index contributed by atoms with van der Waals surface area (Å²) in [5.41, 5.74) is 6.50. The molecule has 0 atom stereocenters. The van der Waals surface area contributed by atoms with Crippen molar-refractivity contribution in [3.63, 3.8) is 0 Å². The van der Waals surface area contributed by atoms with Crippen molar-refractivity contribution in [2.24, 2.45) is 0 Å². The Morgan fingerprint density at radius 2 is 1.86 bits per heavy atom. The van der Waals surface area contributed by atoms with Gasteiger partial charge < -0.3 is 15.2 Å². The predicted molar refractivity (Wildman–Crippen MR) is 51.2 cm³/mol. The highest BCUT2D eigenvalue weighted by Crippen LogP contribution is 2.33. The fraction of sp³-hybridized carbons (Fsp3) is 0.300. The quantitative estimate of drug-likeness (QED) is 0.626. The zero-order valence-electron chi connectivity index (χ0n) is 7.62. The molecule has 4 heteroatoms. The van der Waals surface area contributed by atoms with Crippen molar-refractivity contribution < 1.29 is 9.47 Å². The molecule has 72 valence electrons. The van der Waals surface area contributed by atoms with Crippen LogP contribution in [-0.2, 0) is 0 Å². The molecule has 1 aliphatic heterocycles. The monoisotopic (exact) mass is 190 g/mol. The summed E-state index contributed by atoms with van der Waals surface area (Å²) >= 11 is 0. The molecule has 0 aromatic heterocycles. The maximum Gasteiger partial charge on any atom is 0.163 e. The van der Waals surface area contributed by atoms with Crippen molar-refractivity contribution in [3.05, 3.63) is 17.7 Å². The molecule has 1 aliphatic rings. The first-order valence-electron chi connectivity index (χ1n) is 4.40. The van der Waals surface area contributed by atoms with Crippen molar-refractivity contribution in [1.82, 2.24) is 0 Å². The maximum absolute atomic E-state index is 8.76. The molecule has 0 spiro atoms. The summed E-state index contributed by atoms with van der Waals surface area (Å²) in [5, 5.41) is 8.76. The molecule has 0 fully saturated rings. The molecule has 4 nitrogen and oxygen atoms in total. The number of nitrogen functional groups attached to an aromatic ring is 1. The molecule has 0 unspecified atom stereocenters. The van der Waals surface area contributed by atoms with E-state index in [0.717, 1.165) is 6.42 Å². The lowest BCUT2D eigenvalue weighted by atomic mass is 10.2. The van der Waals surface area contributed by atoms with Gasteiger partial charge >= 0.3 is 0 Å². The summed E-state index contributed by atoms with van der Waals surface area (Å²) in [6, 6.07) is 5.26. The Kier molecular flexibility index (Phi) is 2.15. The SMILES string of the molecule is N#Cc1cc2c(cc1N)OCCCO2. The number of hydrogen-bond donors (Lipinski definition) is 1. The van der Waals surface area contributed by atoms with Crippen molar-refractivity contribution in [2.75, 3.05) is 18.9 Å². The third-order valence-electron chi connectivity index (χ3n) is 2.04. The van der Waals surface area contributed by atoms with Gasteiger partial charge in [-0.05, 0) is 0 Å². The number of rotatable bonds is 0. The topological polar surface area (TPSA) is 68.3 Å². The van der Waals surface area contributed by atoms with Crippen molar-refractivity contribution in [1.29, 1.82) is 5.26 Å². The van der Waals surface area contributed by atoms with E-state index in [2.05, 4.69) is 0 Å². The Labute approximate surface area is 81.8 Å². The van der Waals surface area contributed by atoms with Crippen LogP contribution in [0.5, 0.6) is 11.5 Å². The zero-order chi connectivity index (χ0) is 9.97. The second-order valence-corrected chi connectivity index (χ2v) is 3.05. The summed E-state index contributed by atoms with van der Waals surface area (Å²) in [6.45, 7) is 1.24. The first-order chi connectivity index (χ1) is 6.81. The summed E-state index contributed by atoms with van der Waals surface area (Å²) in [4.78, 5) is 0. The van der Waals surface area contributed by atoms with E-state index >= 15 is 0 Å². The van der Waals surface area contributed by atoms with Crippen LogP contribution in [0, 0.1) is 11.3 Å². The van der Waals surface area contributed by atoms with E-state index in [9.17, 15) is 0 Å². The molecule has 0 bridgehead atoms. The minimum absolute atomic E-state index is 0.425. The second kappa shape index (κ2) is 3.46. The third kappa shape index (κ3) is 1.44. The number of nitrogens with two attached hydrogens (primary N) is 1. The van der Waals surface area contributed by atoms with Crippen LogP contribution in [0.1, 0.15) is 12.0 Å². The Morgan fingerprint density at radius 1 is 1.21 bits per heavy atom. The van der Waals surface area contributed by atoms with Crippen LogP contribution in [0.2, 0.25) is 0 Å². The molecule has 2 rings (SSSR count). The first kappa shape index (κ1) is 8.70. The highest BCUT2D eigenvalue weighted by molar-refractivity contribution is 5.62. The smallest absolute Gasteiger partial charge is 0.163 e. The van der Waals surface area contributed by atoms with E-state index in [1.807, 2.05) is 6.07 Å². The molecule has 0 radical (unpaired) electrons. The normalized spacial score (nSPS) is 14.2. The molecular weight excluding hydrogens is 180 g/mol. The fourth-order valence-corrected chi connectivity index (χ4v) is 1.32. The van der Waals surface area contributed by atoms with Gasteiger partial charge in [-0.3, -0.25) is 0 Å².